The molecule has 4 nitrogen and oxygen atoms in total. The normalized spacial score (nSPS) is 11.6. The number of hydrogen-bond acceptors (Lipinski definition) is 4. The Balaban J connectivity index is 3.08. The molecule has 0 bridgehead atoms. The van der Waals surface area contributed by atoms with Gasteiger partial charge >= 0.3 is 20.1 Å². The molecule has 0 aliphatic heterocycles. The molecule has 10 heteroatoms. The van der Waals surface area contributed by atoms with Crippen molar-refractivity contribution in [3.63, 3.8) is 0 Å². The summed E-state index contributed by atoms with van der Waals surface area (Å²) >= 11 is 0. The van der Waals surface area contributed by atoms with Gasteiger partial charge in [-0.15, -0.1) is 13.2 Å². The van der Waals surface area contributed by atoms with Crippen molar-refractivity contribution >= 4 is 12.6 Å². The van der Waals surface area contributed by atoms with Crippen molar-refractivity contribution in [1.29, 1.82) is 0 Å². The second-order valence-electron chi connectivity index (χ2n) is 3.01. The van der Waals surface area contributed by atoms with E-state index in [1.807, 2.05) is 0 Å². The highest BCUT2D eigenvalue weighted by Crippen LogP contribution is 2.32. The van der Waals surface area contributed by atoms with Crippen molar-refractivity contribution in [2.24, 2.45) is 0 Å². The van der Waals surface area contributed by atoms with Gasteiger partial charge in [0.1, 0.15) is 0 Å². The van der Waals surface area contributed by atoms with Gasteiger partial charge in [-0.3, -0.25) is 0 Å². The van der Waals surface area contributed by atoms with E-state index >= 15 is 0 Å². The van der Waals surface area contributed by atoms with Crippen LogP contribution in [0.1, 0.15) is 0 Å². The summed E-state index contributed by atoms with van der Waals surface area (Å²) in [6.45, 7) is -3.38. The van der Waals surface area contributed by atoms with E-state index in [1.165, 1.54) is 0 Å². The number of ether oxygens (including phenoxy) is 2. The molecule has 0 saturated carbocycles. The van der Waals surface area contributed by atoms with Crippen molar-refractivity contribution in [3.05, 3.63) is 18.2 Å². The van der Waals surface area contributed by atoms with Crippen LogP contribution in [0.3, 0.4) is 0 Å². The fraction of sp³-hybridized carbons (Fsp3) is 0.250. The number of benzene rings is 1. The Hall–Kier alpha value is -1.55. The zero-order valence-corrected chi connectivity index (χ0v) is 8.49. The molecular weight excluding hydrogens is 266 g/mol. The molecule has 0 spiro atoms. The van der Waals surface area contributed by atoms with E-state index in [2.05, 4.69) is 9.47 Å². The molecule has 1 aromatic carbocycles. The first-order valence-corrected chi connectivity index (χ1v) is 4.39. The topological polar surface area (TPSA) is 58.9 Å². The molecule has 0 fully saturated rings. The molecule has 0 radical (unpaired) electrons. The third kappa shape index (κ3) is 4.38. The van der Waals surface area contributed by atoms with E-state index in [0.717, 1.165) is 6.07 Å². The average Bonchev–Trinajstić information content (AvgIpc) is 2.17. The Kier molecular flexibility index (Phi) is 4.35. The minimum Gasteiger partial charge on any atom is -0.431 e. The van der Waals surface area contributed by atoms with Crippen molar-refractivity contribution < 1.29 is 41.5 Å². The molecule has 2 N–H and O–H groups in total. The average molecular weight is 272 g/mol. The van der Waals surface area contributed by atoms with Crippen molar-refractivity contribution in [2.45, 2.75) is 13.0 Å². The second kappa shape index (κ2) is 5.40. The van der Waals surface area contributed by atoms with Crippen LogP contribution >= 0.6 is 0 Å². The number of halogens is 5. The lowest BCUT2D eigenvalue weighted by Gasteiger charge is -2.14. The second-order valence-corrected chi connectivity index (χ2v) is 3.01. The summed E-state index contributed by atoms with van der Waals surface area (Å²) in [6.07, 6.45) is -5.08. The van der Waals surface area contributed by atoms with Gasteiger partial charge in [0, 0.05) is 0 Å². The molecule has 0 saturated heterocycles. The quantitative estimate of drug-likeness (QED) is 0.630. The molecule has 0 amide bonds. The smallest absolute Gasteiger partial charge is 0.431 e. The lowest BCUT2D eigenvalue weighted by molar-refractivity contribution is -0.275. The molecule has 0 unspecified atom stereocenters. The van der Waals surface area contributed by atoms with Gasteiger partial charge in [0.25, 0.3) is 0 Å². The number of hydrogen-bond donors (Lipinski definition) is 2. The Bertz CT molecular complexity index is 409. The van der Waals surface area contributed by atoms with Gasteiger partial charge in [-0.2, -0.15) is 8.78 Å². The molecule has 18 heavy (non-hydrogen) atoms. The minimum atomic E-state index is -5.08. The van der Waals surface area contributed by atoms with Gasteiger partial charge in [0.2, 0.25) is 0 Å². The lowest BCUT2D eigenvalue weighted by atomic mass is 9.80. The van der Waals surface area contributed by atoms with E-state index in [9.17, 15) is 22.0 Å². The van der Waals surface area contributed by atoms with Crippen LogP contribution in [0.2, 0.25) is 0 Å². The van der Waals surface area contributed by atoms with Crippen LogP contribution in [0.15, 0.2) is 18.2 Å². The van der Waals surface area contributed by atoms with Gasteiger partial charge in [-0.1, -0.05) is 6.07 Å². The molecule has 100 valence electrons. The summed E-state index contributed by atoms with van der Waals surface area (Å²) < 4.78 is 67.1. The number of rotatable bonds is 4. The summed E-state index contributed by atoms with van der Waals surface area (Å²) in [5, 5.41) is 17.5. The maximum absolute atomic E-state index is 12.0. The minimum absolute atomic E-state index is 0.319. The van der Waals surface area contributed by atoms with Crippen LogP contribution in [0, 0.1) is 0 Å². The summed E-state index contributed by atoms with van der Waals surface area (Å²) in [6, 6.07) is 2.11. The van der Waals surface area contributed by atoms with Crippen LogP contribution in [0.25, 0.3) is 0 Å². The zero-order valence-electron chi connectivity index (χ0n) is 8.49. The molecule has 0 atom stereocenters. The SMILES string of the molecule is OB(O)c1ccc(OC(F)(F)F)c(OC(F)F)c1. The zero-order chi connectivity index (χ0) is 13.9. The summed E-state index contributed by atoms with van der Waals surface area (Å²) in [7, 11) is -2.04. The molecule has 0 aromatic heterocycles. The summed E-state index contributed by atoms with van der Waals surface area (Å²) in [5.41, 5.74) is -0.319. The highest BCUT2D eigenvalue weighted by atomic mass is 19.4. The molecule has 0 heterocycles. The molecular formula is C8H6BF5O4. The monoisotopic (exact) mass is 272 g/mol. The first-order chi connectivity index (χ1) is 8.19. The van der Waals surface area contributed by atoms with Crippen LogP contribution in [-0.4, -0.2) is 30.1 Å². The van der Waals surface area contributed by atoms with Gasteiger partial charge in [-0.25, -0.2) is 0 Å². The van der Waals surface area contributed by atoms with Crippen molar-refractivity contribution in [3.8, 4) is 11.5 Å². The first kappa shape index (κ1) is 14.5. The van der Waals surface area contributed by atoms with E-state index < -0.39 is 31.6 Å². The fourth-order valence-corrected chi connectivity index (χ4v) is 1.08. The maximum Gasteiger partial charge on any atom is 0.573 e. The Morgan fingerprint density at radius 2 is 1.72 bits per heavy atom. The summed E-state index contributed by atoms with van der Waals surface area (Å²) in [5.74, 6) is -1.96. The Morgan fingerprint density at radius 3 is 2.17 bits per heavy atom. The Labute approximate surface area is 97.7 Å². The maximum atomic E-state index is 12.0. The first-order valence-electron chi connectivity index (χ1n) is 4.39. The largest absolute Gasteiger partial charge is 0.573 e. The van der Waals surface area contributed by atoms with Crippen LogP contribution in [0.4, 0.5) is 22.0 Å². The lowest BCUT2D eigenvalue weighted by Crippen LogP contribution is -2.30. The molecule has 1 rings (SSSR count). The number of alkyl halides is 5. The molecule has 0 aliphatic rings. The Morgan fingerprint density at radius 1 is 1.11 bits per heavy atom. The standard InChI is InChI=1S/C8H6BF5O4/c10-7(11)17-6-3-4(9(15)16)1-2-5(6)18-8(12,13)14/h1-3,7,15-16H. The van der Waals surface area contributed by atoms with Gasteiger partial charge in [-0.05, 0) is 17.6 Å². The summed E-state index contributed by atoms with van der Waals surface area (Å²) in [4.78, 5) is 0. The van der Waals surface area contributed by atoms with E-state index in [0.29, 0.717) is 12.1 Å². The third-order valence-corrected chi connectivity index (χ3v) is 1.71. The van der Waals surface area contributed by atoms with E-state index in [1.54, 1.807) is 0 Å². The highest BCUT2D eigenvalue weighted by Gasteiger charge is 2.33. The van der Waals surface area contributed by atoms with Gasteiger partial charge < -0.3 is 19.5 Å². The fourth-order valence-electron chi connectivity index (χ4n) is 1.08. The third-order valence-electron chi connectivity index (χ3n) is 1.71. The molecule has 1 aromatic rings. The molecule has 0 aliphatic carbocycles. The van der Waals surface area contributed by atoms with Gasteiger partial charge in [0.05, 0.1) is 0 Å². The van der Waals surface area contributed by atoms with Crippen LogP contribution in [-0.2, 0) is 0 Å². The highest BCUT2D eigenvalue weighted by molar-refractivity contribution is 6.58. The van der Waals surface area contributed by atoms with Crippen molar-refractivity contribution in [2.75, 3.05) is 0 Å². The van der Waals surface area contributed by atoms with Crippen LogP contribution in [0.5, 0.6) is 11.5 Å². The van der Waals surface area contributed by atoms with Crippen molar-refractivity contribution in [1.82, 2.24) is 0 Å². The predicted molar refractivity (Wildman–Crippen MR) is 49.6 cm³/mol. The van der Waals surface area contributed by atoms with Gasteiger partial charge in [0.15, 0.2) is 11.5 Å². The predicted octanol–water partition coefficient (Wildman–Crippen LogP) is 0.866. The van der Waals surface area contributed by atoms with Crippen LogP contribution < -0.4 is 14.9 Å². The van der Waals surface area contributed by atoms with E-state index in [-0.39, 0.29) is 5.46 Å². The van der Waals surface area contributed by atoms with E-state index in [4.69, 9.17) is 10.0 Å².